The summed E-state index contributed by atoms with van der Waals surface area (Å²) in [5.41, 5.74) is 2.72. The molecule has 1 aliphatic rings. The lowest BCUT2D eigenvalue weighted by molar-refractivity contribution is -0.140. The Balaban J connectivity index is 1.78. The number of benzene rings is 3. The molecule has 0 radical (unpaired) electrons. The largest absolute Gasteiger partial charge is 0.507 e. The van der Waals surface area contributed by atoms with Crippen LogP contribution in [0.2, 0.25) is 10.0 Å². The number of aliphatic hydroxyl groups excluding tert-OH is 1. The van der Waals surface area contributed by atoms with Crippen LogP contribution in [0.3, 0.4) is 0 Å². The van der Waals surface area contributed by atoms with Crippen LogP contribution in [0.25, 0.3) is 5.76 Å². The minimum Gasteiger partial charge on any atom is -0.507 e. The first kappa shape index (κ1) is 28.2. The maximum atomic E-state index is 13.4. The molecule has 7 nitrogen and oxygen atoms in total. The van der Waals surface area contributed by atoms with Gasteiger partial charge in [0.05, 0.1) is 40.4 Å². The number of hydrogen-bond donors (Lipinski definition) is 1. The standard InChI is InChI=1S/C30H27Cl2NO6/c1-16(2)39-30(37)19-10-8-18(9-11-19)15-33-25(20-7-5-6-17(3)12-20)24(27(35)29(33)36)26(34)21-13-22(31)28(38-4)23(32)14-21/h5-14,16,25,34H,15H2,1-4H3/b26-24+. The number of methoxy groups -OCH3 is 1. The number of rotatable bonds is 7. The van der Waals surface area contributed by atoms with Crippen molar-refractivity contribution in [2.24, 2.45) is 0 Å². The Hall–Kier alpha value is -3.81. The summed E-state index contributed by atoms with van der Waals surface area (Å²) >= 11 is 12.6. The highest BCUT2D eigenvalue weighted by atomic mass is 35.5. The van der Waals surface area contributed by atoms with Gasteiger partial charge in [0.15, 0.2) is 5.75 Å². The second kappa shape index (κ2) is 11.5. The second-order valence-electron chi connectivity index (χ2n) is 9.47. The summed E-state index contributed by atoms with van der Waals surface area (Å²) in [5.74, 6) is -2.23. The third-order valence-corrected chi connectivity index (χ3v) is 6.82. The maximum absolute atomic E-state index is 13.4. The summed E-state index contributed by atoms with van der Waals surface area (Å²) in [6.45, 7) is 5.49. The number of aliphatic hydroxyl groups is 1. The van der Waals surface area contributed by atoms with E-state index in [1.54, 1.807) is 44.2 Å². The predicted molar refractivity (Wildman–Crippen MR) is 149 cm³/mol. The monoisotopic (exact) mass is 567 g/mol. The lowest BCUT2D eigenvalue weighted by Crippen LogP contribution is -2.29. The van der Waals surface area contributed by atoms with E-state index < -0.39 is 29.5 Å². The van der Waals surface area contributed by atoms with Crippen molar-refractivity contribution in [2.45, 2.75) is 39.5 Å². The summed E-state index contributed by atoms with van der Waals surface area (Å²) in [6, 6.07) is 16.0. The highest BCUT2D eigenvalue weighted by Gasteiger charge is 2.46. The van der Waals surface area contributed by atoms with Crippen LogP contribution in [0.1, 0.15) is 52.5 Å². The molecule has 1 atom stereocenters. The third kappa shape index (κ3) is 5.79. The molecule has 3 aromatic carbocycles. The summed E-state index contributed by atoms with van der Waals surface area (Å²) in [7, 11) is 1.41. The van der Waals surface area contributed by atoms with Crippen molar-refractivity contribution >= 4 is 46.6 Å². The molecule has 4 rings (SSSR count). The number of hydrogen-bond acceptors (Lipinski definition) is 6. The topological polar surface area (TPSA) is 93.1 Å². The van der Waals surface area contributed by atoms with Crippen molar-refractivity contribution in [3.05, 3.63) is 104 Å². The number of amides is 1. The van der Waals surface area contributed by atoms with Gasteiger partial charge in [-0.05, 0) is 56.2 Å². The summed E-state index contributed by atoms with van der Waals surface area (Å²) in [5, 5.41) is 11.6. The fraction of sp³-hybridized carbons (Fsp3) is 0.233. The fourth-order valence-corrected chi connectivity index (χ4v) is 5.14. The van der Waals surface area contributed by atoms with E-state index in [2.05, 4.69) is 0 Å². The van der Waals surface area contributed by atoms with Gasteiger partial charge in [0.2, 0.25) is 0 Å². The molecule has 1 N–H and O–H groups in total. The van der Waals surface area contributed by atoms with Crippen molar-refractivity contribution in [2.75, 3.05) is 7.11 Å². The van der Waals surface area contributed by atoms with E-state index in [4.69, 9.17) is 32.7 Å². The van der Waals surface area contributed by atoms with Gasteiger partial charge in [0.1, 0.15) is 5.76 Å². The SMILES string of the molecule is COc1c(Cl)cc(/C(O)=C2\C(=O)C(=O)N(Cc3ccc(C(=O)OC(C)C)cc3)C2c2cccc(C)c2)cc1Cl. The van der Waals surface area contributed by atoms with E-state index in [-0.39, 0.29) is 39.6 Å². The first-order valence-electron chi connectivity index (χ1n) is 12.2. The van der Waals surface area contributed by atoms with Gasteiger partial charge < -0.3 is 19.5 Å². The quantitative estimate of drug-likeness (QED) is 0.152. The lowest BCUT2D eigenvalue weighted by atomic mass is 9.94. The molecule has 0 bridgehead atoms. The number of ketones is 1. The molecule has 0 aliphatic carbocycles. The van der Waals surface area contributed by atoms with Gasteiger partial charge in [0, 0.05) is 12.1 Å². The predicted octanol–water partition coefficient (Wildman–Crippen LogP) is 6.50. The number of halogens is 2. The first-order chi connectivity index (χ1) is 18.5. The molecule has 1 amide bonds. The van der Waals surface area contributed by atoms with E-state index in [1.165, 1.54) is 24.1 Å². The van der Waals surface area contributed by atoms with Crippen molar-refractivity contribution in [3.63, 3.8) is 0 Å². The molecule has 0 spiro atoms. The van der Waals surface area contributed by atoms with Crippen molar-refractivity contribution in [3.8, 4) is 5.75 Å². The Morgan fingerprint density at radius 2 is 1.64 bits per heavy atom. The Labute approximate surface area is 236 Å². The number of likely N-dealkylation sites (tertiary alicyclic amines) is 1. The molecule has 202 valence electrons. The van der Waals surface area contributed by atoms with Crippen LogP contribution in [-0.2, 0) is 20.9 Å². The summed E-state index contributed by atoms with van der Waals surface area (Å²) in [6.07, 6.45) is -0.256. The number of carbonyl (C=O) groups is 3. The van der Waals surface area contributed by atoms with Crippen LogP contribution in [0.4, 0.5) is 0 Å². The van der Waals surface area contributed by atoms with Crippen LogP contribution in [0.15, 0.2) is 66.2 Å². The first-order valence-corrected chi connectivity index (χ1v) is 13.0. The zero-order valence-corrected chi connectivity index (χ0v) is 23.3. The molecule has 1 fully saturated rings. The van der Waals surface area contributed by atoms with E-state index in [1.807, 2.05) is 25.1 Å². The molecule has 0 saturated carbocycles. The molecule has 1 saturated heterocycles. The number of Topliss-reactive ketones (excluding diaryl/α,β-unsaturated/α-hetero) is 1. The Morgan fingerprint density at radius 3 is 2.21 bits per heavy atom. The third-order valence-electron chi connectivity index (χ3n) is 6.26. The van der Waals surface area contributed by atoms with Gasteiger partial charge in [-0.2, -0.15) is 0 Å². The Kier molecular flexibility index (Phi) is 8.33. The highest BCUT2D eigenvalue weighted by molar-refractivity contribution is 6.46. The molecular formula is C30H27Cl2NO6. The van der Waals surface area contributed by atoms with Crippen molar-refractivity contribution in [1.29, 1.82) is 0 Å². The molecule has 1 aliphatic heterocycles. The molecule has 3 aromatic rings. The normalized spacial score (nSPS) is 16.6. The average Bonchev–Trinajstić information content (AvgIpc) is 3.13. The molecule has 1 unspecified atom stereocenters. The zero-order chi connectivity index (χ0) is 28.4. The van der Waals surface area contributed by atoms with Gasteiger partial charge in [-0.25, -0.2) is 4.79 Å². The number of aryl methyl sites for hydroxylation is 1. The molecule has 1 heterocycles. The molecule has 0 aromatic heterocycles. The van der Waals surface area contributed by atoms with E-state index in [9.17, 15) is 19.5 Å². The van der Waals surface area contributed by atoms with Crippen molar-refractivity contribution in [1.82, 2.24) is 4.90 Å². The van der Waals surface area contributed by atoms with Crippen LogP contribution in [0, 0.1) is 6.92 Å². The minimum absolute atomic E-state index is 0.0591. The maximum Gasteiger partial charge on any atom is 0.338 e. The second-order valence-corrected chi connectivity index (χ2v) is 10.3. The van der Waals surface area contributed by atoms with Gasteiger partial charge >= 0.3 is 5.97 Å². The molecule has 39 heavy (non-hydrogen) atoms. The number of carbonyl (C=O) groups excluding carboxylic acids is 3. The van der Waals surface area contributed by atoms with Gasteiger partial charge in [-0.3, -0.25) is 9.59 Å². The number of ether oxygens (including phenoxy) is 2. The molecule has 9 heteroatoms. The van der Waals surface area contributed by atoms with Gasteiger partial charge in [0.25, 0.3) is 11.7 Å². The van der Waals surface area contributed by atoms with Crippen LogP contribution in [0.5, 0.6) is 5.75 Å². The lowest BCUT2D eigenvalue weighted by Gasteiger charge is -2.26. The van der Waals surface area contributed by atoms with Crippen LogP contribution in [-0.4, -0.2) is 40.9 Å². The number of nitrogens with zero attached hydrogens (tertiary/aromatic N) is 1. The smallest absolute Gasteiger partial charge is 0.338 e. The van der Waals surface area contributed by atoms with Crippen LogP contribution >= 0.6 is 23.2 Å². The highest BCUT2D eigenvalue weighted by Crippen LogP contribution is 2.42. The summed E-state index contributed by atoms with van der Waals surface area (Å²) in [4.78, 5) is 40.3. The van der Waals surface area contributed by atoms with Crippen LogP contribution < -0.4 is 4.74 Å². The van der Waals surface area contributed by atoms with E-state index in [0.29, 0.717) is 16.7 Å². The molecular weight excluding hydrogens is 541 g/mol. The van der Waals surface area contributed by atoms with Crippen molar-refractivity contribution < 1.29 is 29.0 Å². The fourth-order valence-electron chi connectivity index (χ4n) is 4.50. The minimum atomic E-state index is -0.880. The summed E-state index contributed by atoms with van der Waals surface area (Å²) < 4.78 is 10.4. The Morgan fingerprint density at radius 1 is 1.00 bits per heavy atom. The van der Waals surface area contributed by atoms with E-state index in [0.717, 1.165) is 5.56 Å². The Bertz CT molecular complexity index is 1460. The number of esters is 1. The van der Waals surface area contributed by atoms with E-state index >= 15 is 0 Å². The average molecular weight is 568 g/mol. The van der Waals surface area contributed by atoms with Gasteiger partial charge in [-0.15, -0.1) is 0 Å². The zero-order valence-electron chi connectivity index (χ0n) is 21.8. The van der Waals surface area contributed by atoms with Gasteiger partial charge in [-0.1, -0.05) is 65.2 Å².